The number of esters is 1. The van der Waals surface area contributed by atoms with E-state index in [-0.39, 0.29) is 22.1 Å². The Labute approximate surface area is 141 Å². The largest absolute Gasteiger partial charge is 0.452 e. The second kappa shape index (κ2) is 7.51. The fourth-order valence-electron chi connectivity index (χ4n) is 1.79. The number of benzene rings is 1. The Balaban J connectivity index is 1.94. The topological polar surface area (TPSA) is 111 Å². The fraction of sp³-hybridized carbons (Fsp3) is 0.133. The predicted molar refractivity (Wildman–Crippen MR) is 86.0 cm³/mol. The summed E-state index contributed by atoms with van der Waals surface area (Å²) in [6, 6.07) is 7.10. The summed E-state index contributed by atoms with van der Waals surface area (Å²) in [4.78, 5) is 37.6. The van der Waals surface area contributed by atoms with Crippen molar-refractivity contribution in [3.63, 3.8) is 0 Å². The first-order chi connectivity index (χ1) is 11.4. The van der Waals surface area contributed by atoms with E-state index < -0.39 is 23.4 Å². The molecule has 0 bridgehead atoms. The van der Waals surface area contributed by atoms with Crippen LogP contribution in [0.4, 0.5) is 11.4 Å². The van der Waals surface area contributed by atoms with Crippen LogP contribution in [0.15, 0.2) is 36.5 Å². The number of ether oxygens (including phenoxy) is 1. The maximum absolute atomic E-state index is 11.8. The number of carbonyl (C=O) groups excluding carboxylic acids is 2. The Kier molecular flexibility index (Phi) is 5.43. The molecule has 0 aliphatic heterocycles. The minimum atomic E-state index is -0.732. The highest BCUT2D eigenvalue weighted by atomic mass is 35.5. The van der Waals surface area contributed by atoms with Crippen LogP contribution in [0.1, 0.15) is 15.9 Å². The van der Waals surface area contributed by atoms with Gasteiger partial charge in [-0.3, -0.25) is 14.9 Å². The number of carbonyl (C=O) groups is 2. The number of amides is 1. The van der Waals surface area contributed by atoms with Crippen molar-refractivity contribution in [2.45, 2.75) is 6.92 Å². The summed E-state index contributed by atoms with van der Waals surface area (Å²) in [6.07, 6.45) is 1.23. The lowest BCUT2D eigenvalue weighted by atomic mass is 10.2. The van der Waals surface area contributed by atoms with Crippen molar-refractivity contribution in [3.05, 3.63) is 62.9 Å². The Morgan fingerprint density at radius 3 is 2.71 bits per heavy atom. The molecule has 0 radical (unpaired) electrons. The second-order valence-corrected chi connectivity index (χ2v) is 5.14. The van der Waals surface area contributed by atoms with Crippen LogP contribution in [0.3, 0.4) is 0 Å². The van der Waals surface area contributed by atoms with E-state index in [1.165, 1.54) is 36.5 Å². The van der Waals surface area contributed by atoms with Gasteiger partial charge in [-0.25, -0.2) is 9.78 Å². The summed E-state index contributed by atoms with van der Waals surface area (Å²) >= 11 is 5.60. The lowest BCUT2D eigenvalue weighted by Crippen LogP contribution is -2.21. The molecule has 124 valence electrons. The molecule has 0 unspecified atom stereocenters. The number of halogens is 1. The number of rotatable bonds is 5. The number of hydrogen-bond donors (Lipinski definition) is 1. The van der Waals surface area contributed by atoms with Gasteiger partial charge < -0.3 is 10.1 Å². The van der Waals surface area contributed by atoms with Crippen molar-refractivity contribution in [2.24, 2.45) is 0 Å². The average Bonchev–Trinajstić information content (AvgIpc) is 2.55. The van der Waals surface area contributed by atoms with Gasteiger partial charge in [0.15, 0.2) is 6.61 Å². The molecular formula is C15H12ClN3O5. The minimum absolute atomic E-state index is 0.114. The molecule has 0 aliphatic rings. The van der Waals surface area contributed by atoms with Gasteiger partial charge >= 0.3 is 5.97 Å². The molecule has 9 heteroatoms. The number of nitro groups is 1. The van der Waals surface area contributed by atoms with E-state index >= 15 is 0 Å². The van der Waals surface area contributed by atoms with Crippen molar-refractivity contribution in [1.82, 2.24) is 4.98 Å². The average molecular weight is 350 g/mol. The van der Waals surface area contributed by atoms with Gasteiger partial charge in [0.25, 0.3) is 11.6 Å². The highest BCUT2D eigenvalue weighted by molar-refractivity contribution is 6.29. The molecule has 0 saturated carbocycles. The van der Waals surface area contributed by atoms with Crippen LogP contribution in [0.2, 0.25) is 5.15 Å². The molecule has 24 heavy (non-hydrogen) atoms. The SMILES string of the molecule is Cc1ccc(NC(=O)COC(=O)c2ccc(Cl)nc2)cc1[N+](=O)[O-]. The summed E-state index contributed by atoms with van der Waals surface area (Å²) in [5.41, 5.74) is 0.747. The summed E-state index contributed by atoms with van der Waals surface area (Å²) in [6.45, 7) is 1.05. The molecule has 1 aromatic carbocycles. The van der Waals surface area contributed by atoms with Crippen molar-refractivity contribution in [1.29, 1.82) is 0 Å². The van der Waals surface area contributed by atoms with Crippen LogP contribution in [-0.2, 0) is 9.53 Å². The first kappa shape index (κ1) is 17.4. The molecule has 1 amide bonds. The molecule has 0 spiro atoms. The van der Waals surface area contributed by atoms with E-state index in [2.05, 4.69) is 10.3 Å². The van der Waals surface area contributed by atoms with Gasteiger partial charge in [0.05, 0.1) is 10.5 Å². The molecule has 1 heterocycles. The van der Waals surface area contributed by atoms with Gasteiger partial charge in [-0.1, -0.05) is 17.7 Å². The number of nitro benzene ring substituents is 1. The summed E-state index contributed by atoms with van der Waals surface area (Å²) < 4.78 is 4.84. The first-order valence-electron chi connectivity index (χ1n) is 6.70. The summed E-state index contributed by atoms with van der Waals surface area (Å²) in [5.74, 6) is -1.35. The zero-order chi connectivity index (χ0) is 17.7. The lowest BCUT2D eigenvalue weighted by molar-refractivity contribution is -0.385. The summed E-state index contributed by atoms with van der Waals surface area (Å²) in [7, 11) is 0. The third-order valence-corrected chi connectivity index (χ3v) is 3.21. The van der Waals surface area contributed by atoms with E-state index in [4.69, 9.17) is 16.3 Å². The zero-order valence-electron chi connectivity index (χ0n) is 12.5. The van der Waals surface area contributed by atoms with Gasteiger partial charge in [0, 0.05) is 23.5 Å². The number of aryl methyl sites for hydroxylation is 1. The molecule has 8 nitrogen and oxygen atoms in total. The lowest BCUT2D eigenvalue weighted by Gasteiger charge is -2.07. The normalized spacial score (nSPS) is 10.1. The Morgan fingerprint density at radius 1 is 1.33 bits per heavy atom. The minimum Gasteiger partial charge on any atom is -0.452 e. The maximum atomic E-state index is 11.8. The highest BCUT2D eigenvalue weighted by Crippen LogP contribution is 2.22. The molecular weight excluding hydrogens is 338 g/mol. The van der Waals surface area contributed by atoms with Crippen LogP contribution in [0, 0.1) is 17.0 Å². The van der Waals surface area contributed by atoms with Crippen LogP contribution >= 0.6 is 11.6 Å². The molecule has 0 atom stereocenters. The third-order valence-electron chi connectivity index (χ3n) is 2.99. The number of pyridine rings is 1. The van der Waals surface area contributed by atoms with E-state index in [0.717, 1.165) is 0 Å². The molecule has 2 aromatic rings. The number of nitrogens with zero attached hydrogens (tertiary/aromatic N) is 2. The van der Waals surface area contributed by atoms with Gasteiger partial charge in [0.2, 0.25) is 0 Å². The zero-order valence-corrected chi connectivity index (χ0v) is 13.2. The molecule has 1 aromatic heterocycles. The number of anilines is 1. The van der Waals surface area contributed by atoms with Crippen LogP contribution < -0.4 is 5.32 Å². The van der Waals surface area contributed by atoms with Crippen LogP contribution in [-0.4, -0.2) is 28.4 Å². The van der Waals surface area contributed by atoms with Crippen LogP contribution in [0.25, 0.3) is 0 Å². The summed E-state index contributed by atoms with van der Waals surface area (Å²) in [5, 5.41) is 13.5. The van der Waals surface area contributed by atoms with Gasteiger partial charge in [-0.2, -0.15) is 0 Å². The number of hydrogen-bond acceptors (Lipinski definition) is 6. The van der Waals surface area contributed by atoms with E-state index in [0.29, 0.717) is 5.56 Å². The Morgan fingerprint density at radius 2 is 2.08 bits per heavy atom. The molecule has 0 fully saturated rings. The van der Waals surface area contributed by atoms with E-state index in [1.807, 2.05) is 0 Å². The second-order valence-electron chi connectivity index (χ2n) is 4.75. The standard InChI is InChI=1S/C15H12ClN3O5/c1-9-2-4-11(6-12(9)19(22)23)18-14(20)8-24-15(21)10-3-5-13(16)17-7-10/h2-7H,8H2,1H3,(H,18,20). The highest BCUT2D eigenvalue weighted by Gasteiger charge is 2.14. The number of nitrogens with one attached hydrogen (secondary N) is 1. The van der Waals surface area contributed by atoms with Crippen LogP contribution in [0.5, 0.6) is 0 Å². The fourth-order valence-corrected chi connectivity index (χ4v) is 1.90. The molecule has 2 rings (SSSR count). The predicted octanol–water partition coefficient (Wildman–Crippen LogP) is 2.75. The Bertz CT molecular complexity index is 792. The monoisotopic (exact) mass is 349 g/mol. The van der Waals surface area contributed by atoms with E-state index in [9.17, 15) is 19.7 Å². The van der Waals surface area contributed by atoms with Gasteiger partial charge in [-0.15, -0.1) is 0 Å². The van der Waals surface area contributed by atoms with E-state index in [1.54, 1.807) is 6.92 Å². The Hall–Kier alpha value is -3.00. The smallest absolute Gasteiger partial charge is 0.340 e. The maximum Gasteiger partial charge on any atom is 0.340 e. The third kappa shape index (κ3) is 4.50. The van der Waals surface area contributed by atoms with Gasteiger partial charge in [0.1, 0.15) is 5.15 Å². The van der Waals surface area contributed by atoms with Crippen molar-refractivity contribution >= 4 is 34.9 Å². The molecule has 0 aliphatic carbocycles. The van der Waals surface area contributed by atoms with Crippen molar-refractivity contribution in [3.8, 4) is 0 Å². The van der Waals surface area contributed by atoms with Crippen molar-refractivity contribution in [2.75, 3.05) is 11.9 Å². The molecule has 1 N–H and O–H groups in total. The number of aromatic nitrogens is 1. The molecule has 0 saturated heterocycles. The van der Waals surface area contributed by atoms with Gasteiger partial charge in [-0.05, 0) is 25.1 Å². The first-order valence-corrected chi connectivity index (χ1v) is 7.08. The quantitative estimate of drug-likeness (QED) is 0.384. The van der Waals surface area contributed by atoms with Crippen molar-refractivity contribution < 1.29 is 19.2 Å².